The number of amides is 1. The minimum Gasteiger partial charge on any atom is -0.493 e. The first-order chi connectivity index (χ1) is 27.5. The van der Waals surface area contributed by atoms with E-state index in [1.54, 1.807) is 52.3 Å². The number of likely N-dealkylation sites (tertiary alicyclic amines) is 1. The summed E-state index contributed by atoms with van der Waals surface area (Å²) in [4.78, 5) is 54.3. The fourth-order valence-electron chi connectivity index (χ4n) is 5.88. The predicted octanol–water partition coefficient (Wildman–Crippen LogP) is 4.29. The molecule has 1 fully saturated rings. The number of benzene rings is 2. The van der Waals surface area contributed by atoms with Gasteiger partial charge in [0, 0.05) is 12.0 Å². The maximum Gasteiger partial charge on any atom is 0.344 e. The van der Waals surface area contributed by atoms with E-state index < -0.39 is 41.2 Å². The Morgan fingerprint density at radius 2 is 1.47 bits per heavy atom. The van der Waals surface area contributed by atoms with E-state index in [4.69, 9.17) is 47.7 Å². The third-order valence-corrected chi connectivity index (χ3v) is 9.56. The van der Waals surface area contributed by atoms with E-state index >= 15 is 0 Å². The number of piperidine rings is 1. The van der Waals surface area contributed by atoms with Crippen LogP contribution in [-0.2, 0) is 54.0 Å². The summed E-state index contributed by atoms with van der Waals surface area (Å²) in [6.45, 7) is 8.08. The zero-order valence-corrected chi connectivity index (χ0v) is 34.1. The van der Waals surface area contributed by atoms with Crippen LogP contribution in [0.3, 0.4) is 0 Å². The van der Waals surface area contributed by atoms with Gasteiger partial charge in [-0.05, 0) is 73.9 Å². The van der Waals surface area contributed by atoms with Crippen molar-refractivity contribution in [3.8, 4) is 17.2 Å². The molecular weight excluding hydrogens is 742 g/mol. The van der Waals surface area contributed by atoms with Gasteiger partial charge in [0.15, 0.2) is 18.1 Å². The second-order valence-electron chi connectivity index (χ2n) is 14.0. The van der Waals surface area contributed by atoms with Crippen LogP contribution < -0.4 is 14.2 Å². The molecule has 0 radical (unpaired) electrons. The van der Waals surface area contributed by atoms with E-state index in [0.717, 1.165) is 5.56 Å². The molecule has 3 rings (SSSR count). The van der Waals surface area contributed by atoms with E-state index in [1.807, 2.05) is 25.1 Å². The summed E-state index contributed by atoms with van der Waals surface area (Å²) in [5.41, 5.74) is 0.696. The number of Topliss-reactive ketones (excluding diaryl/α,β-unsaturated/α-hetero) is 1. The first-order valence-corrected chi connectivity index (χ1v) is 19.6. The lowest BCUT2D eigenvalue weighted by Crippen LogP contribution is -2.53. The van der Waals surface area contributed by atoms with Gasteiger partial charge in [0.25, 0.3) is 5.91 Å². The molecule has 1 unspecified atom stereocenters. The maximum atomic E-state index is 13.9. The summed E-state index contributed by atoms with van der Waals surface area (Å²) >= 11 is 0. The number of carbonyl (C=O) groups is 4. The van der Waals surface area contributed by atoms with Gasteiger partial charge in [-0.25, -0.2) is 9.59 Å². The molecule has 1 heterocycles. The van der Waals surface area contributed by atoms with Crippen molar-refractivity contribution in [2.24, 2.45) is 5.41 Å². The Labute approximate surface area is 336 Å². The molecule has 2 atom stereocenters. The number of nitrogens with zero attached hydrogens (tertiary/aromatic N) is 1. The molecular formula is C42H61NO14. The Kier molecular flexibility index (Phi) is 21.4. The normalized spacial score (nSPS) is 14.8. The predicted molar refractivity (Wildman–Crippen MR) is 208 cm³/mol. The van der Waals surface area contributed by atoms with E-state index in [0.29, 0.717) is 108 Å². The molecule has 15 nitrogen and oxygen atoms in total. The average Bonchev–Trinajstić information content (AvgIpc) is 3.23. The molecule has 0 spiro atoms. The van der Waals surface area contributed by atoms with Crippen LogP contribution in [0.2, 0.25) is 0 Å². The largest absolute Gasteiger partial charge is 0.493 e. The van der Waals surface area contributed by atoms with Crippen molar-refractivity contribution in [3.05, 3.63) is 53.6 Å². The molecule has 15 heteroatoms. The molecule has 0 saturated carbocycles. The number of hydrogen-bond acceptors (Lipinski definition) is 14. The maximum absolute atomic E-state index is 13.9. The van der Waals surface area contributed by atoms with Gasteiger partial charge >= 0.3 is 11.9 Å². The van der Waals surface area contributed by atoms with Crippen LogP contribution in [0.15, 0.2) is 42.5 Å². The molecule has 2 aromatic rings. The number of methoxy groups -OCH3 is 2. The number of ketones is 1. The summed E-state index contributed by atoms with van der Waals surface area (Å²) < 4.78 is 49.4. The molecule has 1 aliphatic heterocycles. The smallest absolute Gasteiger partial charge is 0.344 e. The fraction of sp³-hybridized carbons (Fsp3) is 0.619. The Bertz CT molecular complexity index is 1530. The van der Waals surface area contributed by atoms with E-state index in [2.05, 4.69) is 0 Å². The number of ether oxygens (including phenoxy) is 9. The number of aliphatic hydroxyl groups excluding tert-OH is 1. The van der Waals surface area contributed by atoms with Gasteiger partial charge < -0.3 is 52.6 Å². The average molecular weight is 804 g/mol. The number of rotatable bonds is 28. The summed E-state index contributed by atoms with van der Waals surface area (Å²) in [6, 6.07) is 11.6. The molecule has 57 heavy (non-hydrogen) atoms. The summed E-state index contributed by atoms with van der Waals surface area (Å²) in [7, 11) is 3.12. The molecule has 1 aliphatic rings. The third kappa shape index (κ3) is 16.2. The fourth-order valence-corrected chi connectivity index (χ4v) is 5.88. The van der Waals surface area contributed by atoms with Gasteiger partial charge in [-0.1, -0.05) is 39.0 Å². The summed E-state index contributed by atoms with van der Waals surface area (Å²) in [6.07, 6.45) is 2.38. The van der Waals surface area contributed by atoms with E-state index in [1.165, 1.54) is 4.90 Å². The van der Waals surface area contributed by atoms with Crippen LogP contribution in [0.1, 0.15) is 70.1 Å². The monoisotopic (exact) mass is 803 g/mol. The van der Waals surface area contributed by atoms with Crippen molar-refractivity contribution in [2.75, 3.05) is 93.4 Å². The van der Waals surface area contributed by atoms with Crippen LogP contribution in [0, 0.1) is 5.41 Å². The molecule has 2 aromatic carbocycles. The lowest BCUT2D eigenvalue weighted by molar-refractivity contribution is -0.164. The summed E-state index contributed by atoms with van der Waals surface area (Å²) in [5, 5.41) is 8.66. The van der Waals surface area contributed by atoms with Crippen LogP contribution in [0.4, 0.5) is 0 Å². The topological polar surface area (TPSA) is 175 Å². The van der Waals surface area contributed by atoms with E-state index in [9.17, 15) is 19.2 Å². The zero-order valence-electron chi connectivity index (χ0n) is 34.1. The van der Waals surface area contributed by atoms with E-state index in [-0.39, 0.29) is 33.0 Å². The molecule has 1 amide bonds. The molecule has 1 saturated heterocycles. The van der Waals surface area contributed by atoms with Crippen LogP contribution in [0.25, 0.3) is 0 Å². The number of hydrogen-bond donors (Lipinski definition) is 1. The van der Waals surface area contributed by atoms with Gasteiger partial charge in [-0.3, -0.25) is 9.59 Å². The lowest BCUT2D eigenvalue weighted by atomic mass is 9.84. The molecule has 0 bridgehead atoms. The van der Waals surface area contributed by atoms with Crippen molar-refractivity contribution in [3.63, 3.8) is 0 Å². The molecule has 0 aromatic heterocycles. The number of esters is 2. The van der Waals surface area contributed by atoms with Gasteiger partial charge in [0.1, 0.15) is 24.5 Å². The highest BCUT2D eigenvalue weighted by Gasteiger charge is 2.41. The Morgan fingerprint density at radius 1 is 0.825 bits per heavy atom. The number of aliphatic hydroxyl groups is 1. The zero-order chi connectivity index (χ0) is 41.5. The van der Waals surface area contributed by atoms with Gasteiger partial charge in [0.05, 0.1) is 73.7 Å². The minimum atomic E-state index is -0.897. The first kappa shape index (κ1) is 47.1. The quantitative estimate of drug-likeness (QED) is 0.0733. The van der Waals surface area contributed by atoms with Crippen molar-refractivity contribution >= 4 is 23.6 Å². The standard InChI is InChI=1S/C42H61NO14/c1-6-42(2,3)39(46)40(47)43-17-8-7-12-34(43)41(48)57-35(15-13-31-14-16-36(49-4)37(28-31)50-5)32-10-9-11-33(29-32)56-30-38(45)55-27-26-54-25-24-53-23-22-52-21-20-51-19-18-44/h9-11,14,16,28-29,34-35,44H,6-8,12-13,15,17-27,30H2,1-5H3/t34?,35-/m1/s1. The van der Waals surface area contributed by atoms with Crippen LogP contribution in [0.5, 0.6) is 17.2 Å². The van der Waals surface area contributed by atoms with Crippen molar-refractivity contribution in [1.29, 1.82) is 0 Å². The van der Waals surface area contributed by atoms with Crippen molar-refractivity contribution < 1.29 is 66.9 Å². The van der Waals surface area contributed by atoms with Crippen LogP contribution >= 0.6 is 0 Å². The summed E-state index contributed by atoms with van der Waals surface area (Å²) in [5.74, 6) is -0.830. The molecule has 0 aliphatic carbocycles. The molecule has 318 valence electrons. The highest BCUT2D eigenvalue weighted by Crippen LogP contribution is 2.32. The van der Waals surface area contributed by atoms with Gasteiger partial charge in [0.2, 0.25) is 5.78 Å². The highest BCUT2D eigenvalue weighted by molar-refractivity contribution is 6.38. The van der Waals surface area contributed by atoms with Gasteiger partial charge in [-0.2, -0.15) is 0 Å². The SMILES string of the molecule is CCC(C)(C)C(=O)C(=O)N1CCCCC1C(=O)O[C@H](CCc1ccc(OC)c(OC)c1)c1cccc(OCC(=O)OCCOCCOCCOCCOCCO)c1. The van der Waals surface area contributed by atoms with Crippen LogP contribution in [-0.4, -0.2) is 133 Å². The van der Waals surface area contributed by atoms with Gasteiger partial charge in [-0.15, -0.1) is 0 Å². The number of carbonyl (C=O) groups excluding carboxylic acids is 4. The lowest BCUT2D eigenvalue weighted by Gasteiger charge is -2.36. The first-order valence-electron chi connectivity index (χ1n) is 19.6. The van der Waals surface area contributed by atoms with Crippen molar-refractivity contribution in [1.82, 2.24) is 4.90 Å². The Balaban J connectivity index is 1.58. The second kappa shape index (κ2) is 25.9. The molecule has 1 N–H and O–H groups in total. The third-order valence-electron chi connectivity index (χ3n) is 9.56. The highest BCUT2D eigenvalue weighted by atomic mass is 16.6. The number of aryl methyl sites for hydroxylation is 1. The Hall–Kier alpha value is -4.28. The van der Waals surface area contributed by atoms with Crippen molar-refractivity contribution in [2.45, 2.75) is 71.4 Å². The Morgan fingerprint density at radius 3 is 2.11 bits per heavy atom. The second-order valence-corrected chi connectivity index (χ2v) is 14.0. The minimum absolute atomic E-state index is 0.0189.